The minimum atomic E-state index is -3.95. The average molecular weight is 257 g/mol. The van der Waals surface area contributed by atoms with Crippen molar-refractivity contribution in [1.82, 2.24) is 9.71 Å². The summed E-state index contributed by atoms with van der Waals surface area (Å²) >= 11 is 0. The zero-order valence-corrected chi connectivity index (χ0v) is 9.06. The van der Waals surface area contributed by atoms with Crippen molar-refractivity contribution in [1.29, 1.82) is 0 Å². The first-order valence-corrected chi connectivity index (χ1v) is 5.86. The van der Waals surface area contributed by atoms with E-state index in [1.807, 2.05) is 0 Å². The van der Waals surface area contributed by atoms with Gasteiger partial charge in [0.15, 0.2) is 0 Å². The van der Waals surface area contributed by atoms with Crippen molar-refractivity contribution in [3.8, 4) is 0 Å². The number of nitrogens with zero attached hydrogens (tertiary/aromatic N) is 1. The molecule has 2 rings (SSSR count). The van der Waals surface area contributed by atoms with Crippen LogP contribution in [0.5, 0.6) is 0 Å². The predicted octanol–water partition coefficient (Wildman–Crippen LogP) is -1.43. The van der Waals surface area contributed by atoms with Gasteiger partial charge in [0.25, 0.3) is 0 Å². The third kappa shape index (κ3) is 1.81. The number of aromatic nitrogens is 2. The molecule has 0 radical (unpaired) electrons. The van der Waals surface area contributed by atoms with Crippen LogP contribution >= 0.6 is 0 Å². The summed E-state index contributed by atoms with van der Waals surface area (Å²) in [6.07, 6.45) is 0. The van der Waals surface area contributed by atoms with Crippen LogP contribution < -0.4 is 16.3 Å². The smallest absolute Gasteiger partial charge is 0.348 e. The Balaban J connectivity index is 2.97. The fourth-order valence-corrected chi connectivity index (χ4v) is 1.88. The third-order valence-electron chi connectivity index (χ3n) is 2.16. The fourth-order valence-electron chi connectivity index (χ4n) is 1.35. The van der Waals surface area contributed by atoms with E-state index in [9.17, 15) is 23.2 Å². The third-order valence-corrected chi connectivity index (χ3v) is 3.07. The summed E-state index contributed by atoms with van der Waals surface area (Å²) in [4.78, 5) is 24.1. The van der Waals surface area contributed by atoms with E-state index in [1.54, 1.807) is 0 Å². The average Bonchev–Trinajstić information content (AvgIpc) is 2.24. The zero-order valence-electron chi connectivity index (χ0n) is 8.25. The highest BCUT2D eigenvalue weighted by Crippen LogP contribution is 2.13. The van der Waals surface area contributed by atoms with Crippen molar-refractivity contribution >= 4 is 21.1 Å². The number of aromatic amines is 1. The SMILES string of the molecule is NS(=O)(=O)c1ccc2[nH]c(=O)c(=O)n(O)c2c1. The summed E-state index contributed by atoms with van der Waals surface area (Å²) in [6, 6.07) is 3.36. The Bertz CT molecular complexity index is 817. The largest absolute Gasteiger partial charge is 0.425 e. The predicted molar refractivity (Wildman–Crippen MR) is 57.4 cm³/mol. The second-order valence-electron chi connectivity index (χ2n) is 3.30. The van der Waals surface area contributed by atoms with Crippen molar-refractivity contribution < 1.29 is 13.6 Å². The Labute approximate surface area is 93.9 Å². The summed E-state index contributed by atoms with van der Waals surface area (Å²) in [6.45, 7) is 0. The molecule has 90 valence electrons. The van der Waals surface area contributed by atoms with Gasteiger partial charge in [0.05, 0.1) is 10.4 Å². The molecule has 0 aliphatic rings. The molecule has 0 saturated heterocycles. The molecule has 0 saturated carbocycles. The van der Waals surface area contributed by atoms with Crippen LogP contribution in [-0.2, 0) is 10.0 Å². The number of hydrogen-bond acceptors (Lipinski definition) is 5. The monoisotopic (exact) mass is 257 g/mol. The van der Waals surface area contributed by atoms with Gasteiger partial charge in [-0.15, -0.1) is 4.73 Å². The van der Waals surface area contributed by atoms with Crippen molar-refractivity contribution in [2.75, 3.05) is 0 Å². The first-order valence-electron chi connectivity index (χ1n) is 4.32. The van der Waals surface area contributed by atoms with Gasteiger partial charge in [-0.25, -0.2) is 13.6 Å². The molecule has 0 atom stereocenters. The molecule has 17 heavy (non-hydrogen) atoms. The van der Waals surface area contributed by atoms with Gasteiger partial charge in [-0.05, 0) is 18.2 Å². The lowest BCUT2D eigenvalue weighted by Gasteiger charge is -2.04. The van der Waals surface area contributed by atoms with Crippen molar-refractivity contribution in [3.63, 3.8) is 0 Å². The Hall–Kier alpha value is -2.13. The first kappa shape index (κ1) is 11.4. The van der Waals surface area contributed by atoms with Gasteiger partial charge < -0.3 is 10.2 Å². The highest BCUT2D eigenvalue weighted by Gasteiger charge is 2.12. The van der Waals surface area contributed by atoms with Crippen molar-refractivity contribution in [3.05, 3.63) is 38.9 Å². The van der Waals surface area contributed by atoms with E-state index < -0.39 is 21.1 Å². The normalized spacial score (nSPS) is 11.8. The van der Waals surface area contributed by atoms with Gasteiger partial charge in [-0.2, -0.15) is 0 Å². The highest BCUT2D eigenvalue weighted by atomic mass is 32.2. The lowest BCUT2D eigenvalue weighted by atomic mass is 10.3. The number of benzene rings is 1. The lowest BCUT2D eigenvalue weighted by Crippen LogP contribution is -2.35. The zero-order chi connectivity index (χ0) is 12.8. The molecule has 0 amide bonds. The van der Waals surface area contributed by atoms with Crippen LogP contribution in [-0.4, -0.2) is 23.3 Å². The molecule has 1 aromatic carbocycles. The number of rotatable bonds is 1. The molecule has 0 fully saturated rings. The van der Waals surface area contributed by atoms with Gasteiger partial charge in [0.1, 0.15) is 5.52 Å². The number of hydrogen-bond donors (Lipinski definition) is 3. The maximum absolute atomic E-state index is 11.1. The van der Waals surface area contributed by atoms with Crippen LogP contribution in [0.3, 0.4) is 0 Å². The number of nitrogens with two attached hydrogens (primary N) is 1. The number of sulfonamides is 1. The maximum atomic E-state index is 11.1. The van der Waals surface area contributed by atoms with Crippen molar-refractivity contribution in [2.24, 2.45) is 5.14 Å². The quantitative estimate of drug-likeness (QED) is 0.425. The molecule has 1 heterocycles. The summed E-state index contributed by atoms with van der Waals surface area (Å²) in [7, 11) is -3.95. The van der Waals surface area contributed by atoms with Gasteiger partial charge >= 0.3 is 11.1 Å². The van der Waals surface area contributed by atoms with E-state index in [-0.39, 0.29) is 20.7 Å². The molecule has 0 spiro atoms. The molecule has 1 aromatic heterocycles. The van der Waals surface area contributed by atoms with E-state index in [2.05, 4.69) is 4.98 Å². The summed E-state index contributed by atoms with van der Waals surface area (Å²) < 4.78 is 22.2. The molecule has 8 nitrogen and oxygen atoms in total. The molecule has 2 aromatic rings. The van der Waals surface area contributed by atoms with Crippen LogP contribution in [0.1, 0.15) is 0 Å². The van der Waals surface area contributed by atoms with Crippen LogP contribution in [0.2, 0.25) is 0 Å². The molecule has 0 aliphatic heterocycles. The van der Waals surface area contributed by atoms with E-state index in [0.717, 1.165) is 12.1 Å². The first-order chi connectivity index (χ1) is 7.80. The summed E-state index contributed by atoms with van der Waals surface area (Å²) in [5, 5.41) is 14.3. The standard InChI is InChI=1S/C8H7N3O5S/c9-17(15,16)4-1-2-5-6(3-4)11(14)8(13)7(12)10-5/h1-3,14H,(H,10,12)(H2,9,15,16). The minimum absolute atomic E-state index is 0.0723. The second-order valence-corrected chi connectivity index (χ2v) is 4.86. The minimum Gasteiger partial charge on any atom is -0.425 e. The molecule has 4 N–H and O–H groups in total. The number of fused-ring (bicyclic) bond motifs is 1. The molecular weight excluding hydrogens is 250 g/mol. The number of nitrogens with one attached hydrogen (secondary N) is 1. The van der Waals surface area contributed by atoms with E-state index >= 15 is 0 Å². The second kappa shape index (κ2) is 3.43. The van der Waals surface area contributed by atoms with Gasteiger partial charge in [-0.1, -0.05) is 0 Å². The van der Waals surface area contributed by atoms with Gasteiger partial charge in [-0.3, -0.25) is 9.59 Å². The Kier molecular flexibility index (Phi) is 2.29. The molecule has 0 bridgehead atoms. The van der Waals surface area contributed by atoms with Gasteiger partial charge in [0.2, 0.25) is 10.0 Å². The molecule has 9 heteroatoms. The number of primary sulfonamides is 1. The highest BCUT2D eigenvalue weighted by molar-refractivity contribution is 7.89. The maximum Gasteiger partial charge on any atom is 0.348 e. The van der Waals surface area contributed by atoms with E-state index in [0.29, 0.717) is 0 Å². The summed E-state index contributed by atoms with van der Waals surface area (Å²) in [5.74, 6) is 0. The van der Waals surface area contributed by atoms with Crippen molar-refractivity contribution in [2.45, 2.75) is 4.90 Å². The van der Waals surface area contributed by atoms with Crippen LogP contribution in [0.4, 0.5) is 0 Å². The number of H-pyrrole nitrogens is 1. The Morgan fingerprint density at radius 3 is 2.53 bits per heavy atom. The fraction of sp³-hybridized carbons (Fsp3) is 0. The molecule has 0 aliphatic carbocycles. The Morgan fingerprint density at radius 2 is 1.94 bits per heavy atom. The van der Waals surface area contributed by atoms with E-state index in [1.165, 1.54) is 6.07 Å². The lowest BCUT2D eigenvalue weighted by molar-refractivity contribution is 0.186. The van der Waals surface area contributed by atoms with Crippen LogP contribution in [0, 0.1) is 0 Å². The topological polar surface area (TPSA) is 135 Å². The molecule has 0 unspecified atom stereocenters. The van der Waals surface area contributed by atoms with E-state index in [4.69, 9.17) is 5.14 Å². The van der Waals surface area contributed by atoms with Gasteiger partial charge in [0, 0.05) is 0 Å². The van der Waals surface area contributed by atoms with Crippen LogP contribution in [0.25, 0.3) is 11.0 Å². The Morgan fingerprint density at radius 1 is 1.29 bits per heavy atom. The van der Waals surface area contributed by atoms with Crippen LogP contribution in [0.15, 0.2) is 32.7 Å². The summed E-state index contributed by atoms with van der Waals surface area (Å²) in [5.41, 5.74) is -2.25. The molecular formula is C8H7N3O5S.